The van der Waals surface area contributed by atoms with Crippen LogP contribution in [0.15, 0.2) is 0 Å². The summed E-state index contributed by atoms with van der Waals surface area (Å²) in [5, 5.41) is 16.9. The molecule has 0 aromatic rings. The van der Waals surface area contributed by atoms with Crippen molar-refractivity contribution in [3.63, 3.8) is 0 Å². The molecule has 3 amide bonds. The van der Waals surface area contributed by atoms with Crippen molar-refractivity contribution < 1.29 is 19.5 Å². The van der Waals surface area contributed by atoms with E-state index in [0.717, 1.165) is 12.8 Å². The Labute approximate surface area is 124 Å². The number of nitrogens with one attached hydrogen (secondary N) is 3. The molecule has 0 heterocycles. The highest BCUT2D eigenvalue weighted by atomic mass is 16.4. The Hall–Kier alpha value is -1.79. The van der Waals surface area contributed by atoms with Crippen molar-refractivity contribution in [2.24, 2.45) is 11.8 Å². The lowest BCUT2D eigenvalue weighted by molar-refractivity contribution is -0.142. The number of carbonyl (C=O) groups excluding carboxylic acids is 2. The van der Waals surface area contributed by atoms with E-state index in [4.69, 9.17) is 5.11 Å². The molecule has 7 nitrogen and oxygen atoms in total. The Morgan fingerprint density at radius 1 is 1.19 bits per heavy atom. The van der Waals surface area contributed by atoms with Crippen LogP contribution in [-0.4, -0.2) is 41.6 Å². The quantitative estimate of drug-likeness (QED) is 0.529. The summed E-state index contributed by atoms with van der Waals surface area (Å²) in [7, 11) is 0. The number of aliphatic carboxylic acids is 1. The molecule has 0 radical (unpaired) electrons. The molecule has 0 bridgehead atoms. The van der Waals surface area contributed by atoms with Gasteiger partial charge in [0.1, 0.15) is 6.04 Å². The van der Waals surface area contributed by atoms with Crippen molar-refractivity contribution in [1.29, 1.82) is 0 Å². The summed E-state index contributed by atoms with van der Waals surface area (Å²) in [5.74, 6) is -1.53. The zero-order valence-corrected chi connectivity index (χ0v) is 12.8. The largest absolute Gasteiger partial charge is 0.481 e. The fourth-order valence-electron chi connectivity index (χ4n) is 1.92. The van der Waals surface area contributed by atoms with Gasteiger partial charge < -0.3 is 21.1 Å². The number of carboxylic acid groups (broad SMARTS) is 1. The molecule has 7 heteroatoms. The van der Waals surface area contributed by atoms with Gasteiger partial charge in [0.05, 0.1) is 5.92 Å². The summed E-state index contributed by atoms with van der Waals surface area (Å²) in [4.78, 5) is 34.4. The highest BCUT2D eigenvalue weighted by Gasteiger charge is 2.26. The molecule has 0 aromatic carbocycles. The van der Waals surface area contributed by atoms with E-state index < -0.39 is 24.0 Å². The summed E-state index contributed by atoms with van der Waals surface area (Å²) in [6.07, 6.45) is 2.47. The predicted molar refractivity (Wildman–Crippen MR) is 77.7 cm³/mol. The number of carboxylic acids is 1. The first-order chi connectivity index (χ1) is 9.79. The van der Waals surface area contributed by atoms with Gasteiger partial charge in [0.25, 0.3) is 0 Å². The highest BCUT2D eigenvalue weighted by Crippen LogP contribution is 2.18. The Bertz CT molecular complexity index is 394. The van der Waals surface area contributed by atoms with Crippen LogP contribution < -0.4 is 16.0 Å². The average molecular weight is 299 g/mol. The molecule has 2 unspecified atom stereocenters. The molecule has 1 aliphatic carbocycles. The second kappa shape index (κ2) is 7.85. The van der Waals surface area contributed by atoms with Gasteiger partial charge in [-0.15, -0.1) is 0 Å². The smallest absolute Gasteiger partial charge is 0.315 e. The lowest BCUT2D eigenvalue weighted by Gasteiger charge is -2.18. The lowest BCUT2D eigenvalue weighted by Crippen LogP contribution is -2.50. The Morgan fingerprint density at radius 3 is 2.29 bits per heavy atom. The van der Waals surface area contributed by atoms with Gasteiger partial charge in [-0.1, -0.05) is 13.8 Å². The minimum atomic E-state index is -0.927. The molecule has 0 saturated heterocycles. The number of rotatable bonds is 8. The second-order valence-electron chi connectivity index (χ2n) is 6.02. The van der Waals surface area contributed by atoms with Crippen molar-refractivity contribution in [2.75, 3.05) is 6.54 Å². The van der Waals surface area contributed by atoms with Gasteiger partial charge in [0.15, 0.2) is 0 Å². The van der Waals surface area contributed by atoms with E-state index in [1.165, 1.54) is 0 Å². The third-order valence-electron chi connectivity index (χ3n) is 3.28. The summed E-state index contributed by atoms with van der Waals surface area (Å²) in [5.41, 5.74) is 0. The van der Waals surface area contributed by atoms with Crippen LogP contribution in [-0.2, 0) is 9.59 Å². The molecule has 120 valence electrons. The first-order valence-electron chi connectivity index (χ1n) is 7.37. The average Bonchev–Trinajstić information content (AvgIpc) is 3.17. The maximum absolute atomic E-state index is 11.7. The number of hydrogen-bond acceptors (Lipinski definition) is 3. The van der Waals surface area contributed by atoms with Crippen molar-refractivity contribution in [2.45, 2.75) is 52.1 Å². The van der Waals surface area contributed by atoms with Crippen molar-refractivity contribution in [3.05, 3.63) is 0 Å². The highest BCUT2D eigenvalue weighted by molar-refractivity contribution is 5.87. The maximum atomic E-state index is 11.7. The first-order valence-corrected chi connectivity index (χ1v) is 7.37. The maximum Gasteiger partial charge on any atom is 0.315 e. The molecule has 4 N–H and O–H groups in total. The van der Waals surface area contributed by atoms with Crippen LogP contribution in [0.25, 0.3) is 0 Å². The molecule has 1 saturated carbocycles. The minimum absolute atomic E-state index is 0.0519. The van der Waals surface area contributed by atoms with Crippen molar-refractivity contribution >= 4 is 17.9 Å². The molecule has 21 heavy (non-hydrogen) atoms. The minimum Gasteiger partial charge on any atom is -0.481 e. The van der Waals surface area contributed by atoms with Crippen molar-refractivity contribution in [1.82, 2.24) is 16.0 Å². The Kier molecular flexibility index (Phi) is 6.45. The van der Waals surface area contributed by atoms with E-state index in [2.05, 4.69) is 16.0 Å². The van der Waals surface area contributed by atoms with Crippen LogP contribution in [0.2, 0.25) is 0 Å². The topological polar surface area (TPSA) is 108 Å². The third-order valence-corrected chi connectivity index (χ3v) is 3.28. The molecular formula is C14H25N3O4. The van der Waals surface area contributed by atoms with Crippen LogP contribution >= 0.6 is 0 Å². The van der Waals surface area contributed by atoms with Crippen LogP contribution in [0.5, 0.6) is 0 Å². The summed E-state index contributed by atoms with van der Waals surface area (Å²) >= 11 is 0. The Balaban J connectivity index is 2.30. The van der Waals surface area contributed by atoms with E-state index in [1.807, 2.05) is 13.8 Å². The van der Waals surface area contributed by atoms with Crippen LogP contribution in [0.4, 0.5) is 4.79 Å². The summed E-state index contributed by atoms with van der Waals surface area (Å²) in [6, 6.07) is -0.922. The number of amides is 3. The molecule has 0 spiro atoms. The van der Waals surface area contributed by atoms with Crippen LogP contribution in [0.3, 0.4) is 0 Å². The summed E-state index contributed by atoms with van der Waals surface area (Å²) in [6.45, 7) is 5.51. The van der Waals surface area contributed by atoms with Gasteiger partial charge >= 0.3 is 12.0 Å². The lowest BCUT2D eigenvalue weighted by atomic mass is 9.97. The molecule has 0 aliphatic heterocycles. The molecule has 1 aliphatic rings. The van der Waals surface area contributed by atoms with Crippen molar-refractivity contribution in [3.8, 4) is 0 Å². The fourth-order valence-corrected chi connectivity index (χ4v) is 1.92. The van der Waals surface area contributed by atoms with Gasteiger partial charge in [0.2, 0.25) is 5.91 Å². The molecule has 1 fully saturated rings. The van der Waals surface area contributed by atoms with Gasteiger partial charge in [-0.2, -0.15) is 0 Å². The van der Waals surface area contributed by atoms with E-state index in [-0.39, 0.29) is 24.4 Å². The standard InChI is InChI=1S/C14H25N3O4/c1-8(2)6-10(13(19)20)7-15-14(21)16-9(3)12(18)17-11-4-5-11/h8-11H,4-7H2,1-3H3,(H,17,18)(H,19,20)(H2,15,16,21). The van der Waals surface area contributed by atoms with E-state index in [0.29, 0.717) is 6.42 Å². The number of hydrogen-bond donors (Lipinski definition) is 4. The van der Waals surface area contributed by atoms with Gasteiger partial charge in [-0.05, 0) is 32.1 Å². The predicted octanol–water partition coefficient (Wildman–Crippen LogP) is 0.700. The number of urea groups is 1. The normalized spacial score (nSPS) is 17.0. The van der Waals surface area contributed by atoms with E-state index >= 15 is 0 Å². The van der Waals surface area contributed by atoms with Gasteiger partial charge in [-0.25, -0.2) is 4.79 Å². The van der Waals surface area contributed by atoms with Gasteiger partial charge in [-0.3, -0.25) is 9.59 Å². The van der Waals surface area contributed by atoms with E-state index in [1.54, 1.807) is 6.92 Å². The SMILES string of the molecule is CC(C)CC(CNC(=O)NC(C)C(=O)NC1CC1)C(=O)O. The zero-order chi connectivity index (χ0) is 16.0. The summed E-state index contributed by atoms with van der Waals surface area (Å²) < 4.78 is 0. The molecule has 1 rings (SSSR count). The van der Waals surface area contributed by atoms with Gasteiger partial charge in [0, 0.05) is 12.6 Å². The Morgan fingerprint density at radius 2 is 1.81 bits per heavy atom. The molecule has 0 aromatic heterocycles. The third kappa shape index (κ3) is 6.97. The van der Waals surface area contributed by atoms with Crippen LogP contribution in [0, 0.1) is 11.8 Å². The molecule has 2 atom stereocenters. The van der Waals surface area contributed by atoms with E-state index in [9.17, 15) is 14.4 Å². The van der Waals surface area contributed by atoms with Crippen LogP contribution in [0.1, 0.15) is 40.0 Å². The second-order valence-corrected chi connectivity index (χ2v) is 6.02. The molecular weight excluding hydrogens is 274 g/mol. The number of carbonyl (C=O) groups is 3. The first kappa shape index (κ1) is 17.3. The fraction of sp³-hybridized carbons (Fsp3) is 0.786. The zero-order valence-electron chi connectivity index (χ0n) is 12.8. The monoisotopic (exact) mass is 299 g/mol.